The van der Waals surface area contributed by atoms with Gasteiger partial charge >= 0.3 is 36.3 Å². The van der Waals surface area contributed by atoms with Crippen LogP contribution in [0, 0.1) is 0 Å². The third-order valence-corrected chi connectivity index (χ3v) is 3.28. The van der Waals surface area contributed by atoms with Gasteiger partial charge in [-0.3, -0.25) is 4.79 Å². The fraction of sp³-hybridized carbons (Fsp3) is 0.462. The zero-order valence-corrected chi connectivity index (χ0v) is 12.8. The van der Waals surface area contributed by atoms with Gasteiger partial charge in [0.2, 0.25) is 5.78 Å². The van der Waals surface area contributed by atoms with Crippen LogP contribution in [-0.4, -0.2) is 29.7 Å². The van der Waals surface area contributed by atoms with Gasteiger partial charge in [0.15, 0.2) is 0 Å². The molecule has 0 heterocycles. The standard InChI is InChI=1S/C13H3F15O/c14-8(15,11(22,23)12(24,25)13(26,27)28)7(29)4-1-5(9(16,17)18)3-6(2-4)10(19,20)21/h1-3H. The molecule has 0 aromatic heterocycles. The van der Waals surface area contributed by atoms with E-state index >= 15 is 0 Å². The van der Waals surface area contributed by atoms with Gasteiger partial charge in [-0.1, -0.05) is 0 Å². The van der Waals surface area contributed by atoms with Gasteiger partial charge in [-0.05, 0) is 18.2 Å². The third kappa shape index (κ3) is 4.24. The molecule has 29 heavy (non-hydrogen) atoms. The Morgan fingerprint density at radius 1 is 0.552 bits per heavy atom. The lowest BCUT2D eigenvalue weighted by Gasteiger charge is -2.32. The molecule has 0 fully saturated rings. The molecule has 166 valence electrons. The van der Waals surface area contributed by atoms with Crippen molar-refractivity contribution in [2.45, 2.75) is 36.3 Å². The van der Waals surface area contributed by atoms with Gasteiger partial charge in [0.25, 0.3) is 0 Å². The van der Waals surface area contributed by atoms with Crippen LogP contribution in [0.5, 0.6) is 0 Å². The Bertz CT molecular complexity index is 749. The number of Topliss-reactive ketones (excluding diaryl/α,β-unsaturated/α-hetero) is 1. The lowest BCUT2D eigenvalue weighted by atomic mass is 9.93. The molecule has 0 amide bonds. The number of halogens is 15. The quantitative estimate of drug-likeness (QED) is 0.377. The number of alkyl halides is 15. The minimum absolute atomic E-state index is 0.725. The van der Waals surface area contributed by atoms with Crippen molar-refractivity contribution in [1.82, 2.24) is 0 Å². The molecular weight excluding hydrogens is 457 g/mol. The van der Waals surface area contributed by atoms with Gasteiger partial charge in [-0.25, -0.2) is 0 Å². The number of hydrogen-bond acceptors (Lipinski definition) is 1. The van der Waals surface area contributed by atoms with E-state index < -0.39 is 77.0 Å². The van der Waals surface area contributed by atoms with Crippen LogP contribution in [-0.2, 0) is 12.4 Å². The summed E-state index contributed by atoms with van der Waals surface area (Å²) in [5, 5.41) is 0. The van der Waals surface area contributed by atoms with E-state index in [-0.39, 0.29) is 0 Å². The van der Waals surface area contributed by atoms with Gasteiger partial charge in [0.05, 0.1) is 11.1 Å². The van der Waals surface area contributed by atoms with Crippen molar-refractivity contribution in [3.05, 3.63) is 34.9 Å². The molecule has 0 unspecified atom stereocenters. The summed E-state index contributed by atoms with van der Waals surface area (Å²) in [5.74, 6) is -26.0. The molecule has 0 aliphatic heterocycles. The first-order valence-corrected chi connectivity index (χ1v) is 6.52. The SMILES string of the molecule is O=C(c1cc(C(F)(F)F)cc(C(F)(F)F)c1)C(F)(F)C(F)(F)C(F)(F)C(F)(F)F. The maximum absolute atomic E-state index is 13.5. The average Bonchev–Trinajstić information content (AvgIpc) is 2.50. The molecule has 0 saturated carbocycles. The first-order chi connectivity index (χ1) is 12.5. The summed E-state index contributed by atoms with van der Waals surface area (Å²) < 4.78 is 190. The minimum Gasteiger partial charge on any atom is -0.287 e. The highest BCUT2D eigenvalue weighted by atomic mass is 19.4. The summed E-state index contributed by atoms with van der Waals surface area (Å²) in [6, 6.07) is -2.38. The lowest BCUT2D eigenvalue weighted by molar-refractivity contribution is -0.386. The molecule has 0 atom stereocenters. The first-order valence-electron chi connectivity index (χ1n) is 6.52. The van der Waals surface area contributed by atoms with E-state index in [1.165, 1.54) is 0 Å². The average molecular weight is 460 g/mol. The molecule has 0 aliphatic rings. The van der Waals surface area contributed by atoms with Crippen LogP contribution < -0.4 is 0 Å². The second-order valence-corrected chi connectivity index (χ2v) is 5.34. The van der Waals surface area contributed by atoms with Crippen LogP contribution in [0.3, 0.4) is 0 Å². The number of ketones is 1. The molecule has 1 aromatic carbocycles. The van der Waals surface area contributed by atoms with Crippen LogP contribution in [0.1, 0.15) is 21.5 Å². The fourth-order valence-corrected chi connectivity index (χ4v) is 1.79. The Morgan fingerprint density at radius 3 is 1.17 bits per heavy atom. The van der Waals surface area contributed by atoms with Crippen LogP contribution in [0.2, 0.25) is 0 Å². The topological polar surface area (TPSA) is 17.1 Å². The molecule has 0 aliphatic carbocycles. The predicted molar refractivity (Wildman–Crippen MR) is 61.7 cm³/mol. The molecule has 16 heteroatoms. The molecular formula is C13H3F15O. The molecule has 1 aromatic rings. The summed E-state index contributed by atoms with van der Waals surface area (Å²) in [4.78, 5) is 11.4. The van der Waals surface area contributed by atoms with Crippen molar-refractivity contribution in [3.63, 3.8) is 0 Å². The second-order valence-electron chi connectivity index (χ2n) is 5.34. The van der Waals surface area contributed by atoms with Gasteiger partial charge in [0.1, 0.15) is 0 Å². The van der Waals surface area contributed by atoms with E-state index in [0.29, 0.717) is 0 Å². The Morgan fingerprint density at radius 2 is 0.897 bits per heavy atom. The Balaban J connectivity index is 3.68. The Kier molecular flexibility index (Phi) is 5.73. The summed E-state index contributed by atoms with van der Waals surface area (Å²) >= 11 is 0. The predicted octanol–water partition coefficient (Wildman–Crippen LogP) is 6.38. The number of carbonyl (C=O) groups is 1. The third-order valence-electron chi connectivity index (χ3n) is 3.28. The van der Waals surface area contributed by atoms with E-state index in [0.717, 1.165) is 0 Å². The Labute approximate surface area is 149 Å². The summed E-state index contributed by atoms with van der Waals surface area (Å²) in [5.41, 5.74) is -7.47. The number of rotatable bonds is 4. The van der Waals surface area contributed by atoms with E-state index in [2.05, 4.69) is 0 Å². The van der Waals surface area contributed by atoms with Gasteiger partial charge in [-0.2, -0.15) is 65.9 Å². The lowest BCUT2D eigenvalue weighted by Crippen LogP contribution is -2.63. The minimum atomic E-state index is -7.56. The van der Waals surface area contributed by atoms with Crippen molar-refractivity contribution in [1.29, 1.82) is 0 Å². The Hall–Kier alpha value is -2.16. The smallest absolute Gasteiger partial charge is 0.287 e. The number of hydrogen-bond donors (Lipinski definition) is 0. The molecule has 0 bridgehead atoms. The monoisotopic (exact) mass is 460 g/mol. The molecule has 0 radical (unpaired) electrons. The van der Waals surface area contributed by atoms with Crippen molar-refractivity contribution in [2.24, 2.45) is 0 Å². The molecule has 1 nitrogen and oxygen atoms in total. The van der Waals surface area contributed by atoms with E-state index in [9.17, 15) is 70.7 Å². The van der Waals surface area contributed by atoms with Crippen LogP contribution in [0.25, 0.3) is 0 Å². The second kappa shape index (κ2) is 6.68. The number of benzene rings is 1. The maximum atomic E-state index is 13.5. The molecule has 0 spiro atoms. The summed E-state index contributed by atoms with van der Waals surface area (Å²) in [6.07, 6.45) is -18.9. The van der Waals surface area contributed by atoms with Crippen LogP contribution >= 0.6 is 0 Å². The van der Waals surface area contributed by atoms with Gasteiger partial charge in [-0.15, -0.1) is 0 Å². The zero-order chi connectivity index (χ0) is 23.4. The first kappa shape index (κ1) is 24.9. The number of carbonyl (C=O) groups excluding carboxylic acids is 1. The normalized spacial score (nSPS) is 14.9. The van der Waals surface area contributed by atoms with Crippen molar-refractivity contribution in [2.75, 3.05) is 0 Å². The summed E-state index contributed by atoms with van der Waals surface area (Å²) in [6.45, 7) is 0. The highest BCUT2D eigenvalue weighted by Gasteiger charge is 2.83. The van der Waals surface area contributed by atoms with Gasteiger partial charge < -0.3 is 0 Å². The van der Waals surface area contributed by atoms with E-state index in [1.54, 1.807) is 0 Å². The highest BCUT2D eigenvalue weighted by Crippen LogP contribution is 2.54. The maximum Gasteiger partial charge on any atom is 0.460 e. The van der Waals surface area contributed by atoms with Crippen molar-refractivity contribution in [3.8, 4) is 0 Å². The fourth-order valence-electron chi connectivity index (χ4n) is 1.79. The zero-order valence-electron chi connectivity index (χ0n) is 12.8. The van der Waals surface area contributed by atoms with Gasteiger partial charge in [0, 0.05) is 5.56 Å². The van der Waals surface area contributed by atoms with Crippen molar-refractivity contribution < 1.29 is 70.7 Å². The molecule has 0 saturated heterocycles. The largest absolute Gasteiger partial charge is 0.460 e. The van der Waals surface area contributed by atoms with E-state index in [1.807, 2.05) is 0 Å². The van der Waals surface area contributed by atoms with E-state index in [4.69, 9.17) is 0 Å². The van der Waals surface area contributed by atoms with Crippen LogP contribution in [0.15, 0.2) is 18.2 Å². The molecule has 0 N–H and O–H groups in total. The summed E-state index contributed by atoms with van der Waals surface area (Å²) in [7, 11) is 0. The highest BCUT2D eigenvalue weighted by molar-refractivity contribution is 6.02. The van der Waals surface area contributed by atoms with Crippen molar-refractivity contribution >= 4 is 5.78 Å². The molecule has 1 rings (SSSR count). The van der Waals surface area contributed by atoms with Crippen LogP contribution in [0.4, 0.5) is 65.9 Å².